The zero-order chi connectivity index (χ0) is 21.6. The molecule has 0 N–H and O–H groups in total. The summed E-state index contributed by atoms with van der Waals surface area (Å²) in [4.78, 5) is 27.9. The molecule has 0 fully saturated rings. The number of carbonyl (C=O) groups excluding carboxylic acids is 2. The van der Waals surface area contributed by atoms with Gasteiger partial charge in [-0.1, -0.05) is 84.4 Å². The minimum Gasteiger partial charge on any atom is -0.461 e. The van der Waals surface area contributed by atoms with Crippen molar-refractivity contribution < 1.29 is 14.3 Å². The maximum atomic E-state index is 13.1. The lowest BCUT2D eigenvalue weighted by Gasteiger charge is -2.20. The van der Waals surface area contributed by atoms with Gasteiger partial charge in [-0.3, -0.25) is 9.59 Å². The summed E-state index contributed by atoms with van der Waals surface area (Å²) < 4.78 is 5.59. The number of carbonyl (C=O) groups is 2. The van der Waals surface area contributed by atoms with E-state index in [9.17, 15) is 9.59 Å². The first kappa shape index (κ1) is 20.9. The molecule has 4 heteroatoms. The van der Waals surface area contributed by atoms with Gasteiger partial charge in [0, 0.05) is 19.5 Å². The Morgan fingerprint density at radius 1 is 0.871 bits per heavy atom. The van der Waals surface area contributed by atoms with Gasteiger partial charge < -0.3 is 9.64 Å². The zero-order valence-corrected chi connectivity index (χ0v) is 17.8. The molecule has 4 nitrogen and oxygen atoms in total. The van der Waals surface area contributed by atoms with Gasteiger partial charge in [-0.25, -0.2) is 0 Å². The van der Waals surface area contributed by atoms with Gasteiger partial charge in [-0.2, -0.15) is 0 Å². The summed E-state index contributed by atoms with van der Waals surface area (Å²) >= 11 is 0. The molecule has 1 atom stereocenters. The Bertz CT molecular complexity index is 1050. The van der Waals surface area contributed by atoms with E-state index in [1.54, 1.807) is 0 Å². The van der Waals surface area contributed by atoms with Gasteiger partial charge in [0.25, 0.3) is 0 Å². The Balaban J connectivity index is 1.43. The monoisotopic (exact) mass is 413 g/mol. The van der Waals surface area contributed by atoms with Crippen molar-refractivity contribution in [2.75, 3.05) is 0 Å². The second-order valence-electron chi connectivity index (χ2n) is 8.21. The van der Waals surface area contributed by atoms with Crippen LogP contribution in [-0.4, -0.2) is 16.8 Å². The van der Waals surface area contributed by atoms with E-state index in [2.05, 4.69) is 25.1 Å². The molecule has 1 aliphatic rings. The molecule has 0 saturated carbocycles. The van der Waals surface area contributed by atoms with E-state index in [0.717, 1.165) is 11.1 Å². The van der Waals surface area contributed by atoms with Crippen molar-refractivity contribution in [3.8, 4) is 0 Å². The van der Waals surface area contributed by atoms with Crippen molar-refractivity contribution in [2.45, 2.75) is 39.5 Å². The normalized spacial score (nSPS) is 13.5. The summed E-state index contributed by atoms with van der Waals surface area (Å²) in [5.74, 6) is -0.843. The third-order valence-corrected chi connectivity index (χ3v) is 5.74. The lowest BCUT2D eigenvalue weighted by Crippen LogP contribution is -2.31. The van der Waals surface area contributed by atoms with Crippen molar-refractivity contribution in [1.29, 1.82) is 0 Å². The van der Waals surface area contributed by atoms with E-state index in [-0.39, 0.29) is 24.9 Å². The largest absolute Gasteiger partial charge is 0.461 e. The first-order chi connectivity index (χ1) is 15.1. The molecule has 0 bridgehead atoms. The minimum absolute atomic E-state index is 0.00792. The van der Waals surface area contributed by atoms with Crippen LogP contribution in [0.3, 0.4) is 0 Å². The van der Waals surface area contributed by atoms with E-state index in [1.807, 2.05) is 65.6 Å². The molecule has 158 valence electrons. The van der Waals surface area contributed by atoms with Gasteiger partial charge in [0.1, 0.15) is 6.61 Å². The maximum absolute atomic E-state index is 13.1. The topological polar surface area (TPSA) is 46.6 Å². The van der Waals surface area contributed by atoms with E-state index in [0.29, 0.717) is 19.5 Å². The number of nitrogens with zero attached hydrogens (tertiary/aromatic N) is 1. The van der Waals surface area contributed by atoms with Crippen LogP contribution in [0.25, 0.3) is 0 Å². The number of ether oxygens (including phenoxy) is 1. The van der Waals surface area contributed by atoms with Crippen molar-refractivity contribution in [3.63, 3.8) is 0 Å². The van der Waals surface area contributed by atoms with Crippen molar-refractivity contribution in [1.82, 2.24) is 4.90 Å². The quantitative estimate of drug-likeness (QED) is 0.521. The molecule has 1 heterocycles. The fourth-order valence-electron chi connectivity index (χ4n) is 4.02. The van der Waals surface area contributed by atoms with Crippen LogP contribution in [-0.2, 0) is 40.4 Å². The van der Waals surface area contributed by atoms with E-state index >= 15 is 0 Å². The number of fused-ring (bicyclic) bond motifs is 1. The highest BCUT2D eigenvalue weighted by molar-refractivity contribution is 5.83. The van der Waals surface area contributed by atoms with Crippen LogP contribution in [0.5, 0.6) is 0 Å². The molecular weight excluding hydrogens is 386 g/mol. The summed E-state index contributed by atoms with van der Waals surface area (Å²) in [6.45, 7) is 3.48. The number of amides is 1. The molecular formula is C27H27NO3. The van der Waals surface area contributed by atoms with Crippen LogP contribution in [0.2, 0.25) is 0 Å². The minimum atomic E-state index is -0.510. The third kappa shape index (κ3) is 5.40. The molecule has 4 rings (SSSR count). The summed E-state index contributed by atoms with van der Waals surface area (Å²) in [6, 6.07) is 25.7. The summed E-state index contributed by atoms with van der Waals surface area (Å²) in [7, 11) is 0. The number of esters is 1. The Kier molecular flexibility index (Phi) is 6.46. The number of rotatable bonds is 7. The molecule has 0 unspecified atom stereocenters. The van der Waals surface area contributed by atoms with Crippen molar-refractivity contribution in [3.05, 3.63) is 107 Å². The van der Waals surface area contributed by atoms with E-state index < -0.39 is 5.92 Å². The molecule has 0 aliphatic carbocycles. The van der Waals surface area contributed by atoms with Gasteiger partial charge in [0.15, 0.2) is 0 Å². The SMILES string of the molecule is Cc1ccc2c(c1)CN(C(=O)C[C@H](Cc1ccccc1)C(=O)OCc1ccccc1)C2. The highest BCUT2D eigenvalue weighted by Crippen LogP contribution is 2.26. The van der Waals surface area contributed by atoms with Crippen LogP contribution in [0.15, 0.2) is 78.9 Å². The number of hydrogen-bond acceptors (Lipinski definition) is 3. The fourth-order valence-corrected chi connectivity index (χ4v) is 4.02. The molecule has 3 aromatic carbocycles. The fraction of sp³-hybridized carbons (Fsp3) is 0.259. The molecule has 0 saturated heterocycles. The Hall–Kier alpha value is -3.40. The van der Waals surface area contributed by atoms with Crippen molar-refractivity contribution in [2.24, 2.45) is 5.92 Å². The molecule has 0 aromatic heterocycles. The summed E-state index contributed by atoms with van der Waals surface area (Å²) in [5, 5.41) is 0. The Labute approximate surface area is 183 Å². The average molecular weight is 414 g/mol. The Morgan fingerprint density at radius 2 is 1.52 bits per heavy atom. The predicted molar refractivity (Wildman–Crippen MR) is 120 cm³/mol. The maximum Gasteiger partial charge on any atom is 0.310 e. The predicted octanol–water partition coefficient (Wildman–Crippen LogP) is 4.83. The van der Waals surface area contributed by atoms with Crippen LogP contribution in [0.4, 0.5) is 0 Å². The second-order valence-corrected chi connectivity index (χ2v) is 8.21. The summed E-state index contributed by atoms with van der Waals surface area (Å²) in [6.07, 6.45) is 0.635. The second kappa shape index (κ2) is 9.61. The van der Waals surface area contributed by atoms with Gasteiger partial charge in [-0.15, -0.1) is 0 Å². The molecule has 0 radical (unpaired) electrons. The number of hydrogen-bond donors (Lipinski definition) is 0. The lowest BCUT2D eigenvalue weighted by molar-refractivity contribution is -0.152. The molecule has 1 amide bonds. The van der Waals surface area contributed by atoms with Gasteiger partial charge in [0.05, 0.1) is 5.92 Å². The first-order valence-electron chi connectivity index (χ1n) is 10.7. The number of benzene rings is 3. The van der Waals surface area contributed by atoms with Gasteiger partial charge >= 0.3 is 5.97 Å². The molecule has 0 spiro atoms. The smallest absolute Gasteiger partial charge is 0.310 e. The highest BCUT2D eigenvalue weighted by Gasteiger charge is 2.29. The zero-order valence-electron chi connectivity index (χ0n) is 17.8. The standard InChI is InChI=1S/C27H27NO3/c1-20-12-13-23-17-28(18-25(23)14-20)26(29)16-24(15-21-8-4-2-5-9-21)27(30)31-19-22-10-6-3-7-11-22/h2-14,24H,15-19H2,1H3/t24-/m0/s1. The van der Waals surface area contributed by atoms with Crippen molar-refractivity contribution >= 4 is 11.9 Å². The van der Waals surface area contributed by atoms with Gasteiger partial charge in [-0.05, 0) is 35.6 Å². The molecule has 31 heavy (non-hydrogen) atoms. The van der Waals surface area contributed by atoms with Crippen LogP contribution >= 0.6 is 0 Å². The van der Waals surface area contributed by atoms with E-state index in [4.69, 9.17) is 4.74 Å². The lowest BCUT2D eigenvalue weighted by atomic mass is 9.95. The van der Waals surface area contributed by atoms with Crippen LogP contribution < -0.4 is 0 Å². The summed E-state index contributed by atoms with van der Waals surface area (Å²) in [5.41, 5.74) is 5.53. The Morgan fingerprint density at radius 3 is 2.23 bits per heavy atom. The molecule has 3 aromatic rings. The number of aryl methyl sites for hydroxylation is 1. The third-order valence-electron chi connectivity index (χ3n) is 5.74. The highest BCUT2D eigenvalue weighted by atomic mass is 16.5. The molecule has 1 aliphatic heterocycles. The van der Waals surface area contributed by atoms with Crippen LogP contribution in [0, 0.1) is 12.8 Å². The van der Waals surface area contributed by atoms with Gasteiger partial charge in [0.2, 0.25) is 5.91 Å². The van der Waals surface area contributed by atoms with E-state index in [1.165, 1.54) is 16.7 Å². The average Bonchev–Trinajstić information content (AvgIpc) is 3.22. The first-order valence-corrected chi connectivity index (χ1v) is 10.7. The van der Waals surface area contributed by atoms with Crippen LogP contribution in [0.1, 0.15) is 34.2 Å².